The Morgan fingerprint density at radius 1 is 1.20 bits per heavy atom. The van der Waals surface area contributed by atoms with Gasteiger partial charge in [-0.05, 0) is 37.6 Å². The molecule has 0 saturated carbocycles. The minimum atomic E-state index is -0.227. The van der Waals surface area contributed by atoms with Crippen LogP contribution in [0.5, 0.6) is 0 Å². The molecule has 104 valence electrons. The number of nitrogens with one attached hydrogen (secondary N) is 1. The zero-order valence-electron chi connectivity index (χ0n) is 11.5. The molecule has 0 saturated heterocycles. The number of hydrogen-bond acceptors (Lipinski definition) is 2. The highest BCUT2D eigenvalue weighted by Crippen LogP contribution is 2.20. The van der Waals surface area contributed by atoms with Gasteiger partial charge in [0.15, 0.2) is 0 Å². The quantitative estimate of drug-likeness (QED) is 0.846. The van der Waals surface area contributed by atoms with Gasteiger partial charge < -0.3 is 11.1 Å². The van der Waals surface area contributed by atoms with E-state index >= 15 is 0 Å². The van der Waals surface area contributed by atoms with E-state index in [-0.39, 0.29) is 11.9 Å². The van der Waals surface area contributed by atoms with Crippen LogP contribution in [0.2, 0.25) is 5.02 Å². The van der Waals surface area contributed by atoms with Crippen LogP contribution in [-0.4, -0.2) is 5.91 Å². The number of nitrogens with two attached hydrogens (primary N) is 1. The molecule has 2 rings (SSSR count). The fraction of sp³-hybridized carbons (Fsp3) is 0.188. The molecular formula is C16H17ClN2O. The van der Waals surface area contributed by atoms with Crippen molar-refractivity contribution in [3.63, 3.8) is 0 Å². The van der Waals surface area contributed by atoms with Gasteiger partial charge in [0.1, 0.15) is 0 Å². The van der Waals surface area contributed by atoms with Gasteiger partial charge in [-0.15, -0.1) is 0 Å². The molecule has 0 radical (unpaired) electrons. The molecule has 0 bridgehead atoms. The van der Waals surface area contributed by atoms with Crippen LogP contribution >= 0.6 is 11.6 Å². The highest BCUT2D eigenvalue weighted by atomic mass is 35.5. The standard InChI is InChI=1S/C16H17ClN2O/c1-10-3-5-12(6-4-10)11(2)19-16(20)14-9-13(18)7-8-15(14)17/h3-9,11H,18H2,1-2H3,(H,19,20). The predicted octanol–water partition coefficient (Wildman–Crippen LogP) is 3.72. The Hall–Kier alpha value is -2.00. The minimum Gasteiger partial charge on any atom is -0.399 e. The highest BCUT2D eigenvalue weighted by molar-refractivity contribution is 6.34. The van der Waals surface area contributed by atoms with Crippen molar-refractivity contribution in [3.8, 4) is 0 Å². The van der Waals surface area contributed by atoms with Crippen molar-refractivity contribution in [1.82, 2.24) is 5.32 Å². The van der Waals surface area contributed by atoms with Crippen LogP contribution in [0, 0.1) is 6.92 Å². The molecule has 1 amide bonds. The summed E-state index contributed by atoms with van der Waals surface area (Å²) < 4.78 is 0. The number of aryl methyl sites for hydroxylation is 1. The van der Waals surface area contributed by atoms with Crippen molar-refractivity contribution >= 4 is 23.2 Å². The molecule has 4 heteroatoms. The third-order valence-electron chi connectivity index (χ3n) is 3.16. The Kier molecular flexibility index (Phi) is 4.30. The summed E-state index contributed by atoms with van der Waals surface area (Å²) in [6, 6.07) is 12.8. The number of amides is 1. The maximum atomic E-state index is 12.2. The number of nitrogen functional groups attached to an aromatic ring is 1. The van der Waals surface area contributed by atoms with Crippen LogP contribution < -0.4 is 11.1 Å². The lowest BCUT2D eigenvalue weighted by molar-refractivity contribution is 0.0940. The molecule has 0 aliphatic heterocycles. The first-order valence-electron chi connectivity index (χ1n) is 6.40. The topological polar surface area (TPSA) is 55.1 Å². The summed E-state index contributed by atoms with van der Waals surface area (Å²) >= 11 is 6.02. The van der Waals surface area contributed by atoms with Crippen molar-refractivity contribution < 1.29 is 4.79 Å². The van der Waals surface area contributed by atoms with E-state index in [1.807, 2.05) is 38.1 Å². The summed E-state index contributed by atoms with van der Waals surface area (Å²) in [5.41, 5.74) is 8.83. The van der Waals surface area contributed by atoms with Crippen LogP contribution in [0.4, 0.5) is 5.69 Å². The molecule has 0 aliphatic carbocycles. The molecule has 3 nitrogen and oxygen atoms in total. The van der Waals surface area contributed by atoms with Crippen LogP contribution in [0.15, 0.2) is 42.5 Å². The van der Waals surface area contributed by atoms with E-state index in [0.29, 0.717) is 16.3 Å². The maximum absolute atomic E-state index is 12.2. The van der Waals surface area contributed by atoms with Gasteiger partial charge in [0.25, 0.3) is 5.91 Å². The van der Waals surface area contributed by atoms with Crippen molar-refractivity contribution in [2.24, 2.45) is 0 Å². The number of halogens is 1. The number of carbonyl (C=O) groups is 1. The van der Waals surface area contributed by atoms with Crippen molar-refractivity contribution in [2.75, 3.05) is 5.73 Å². The molecule has 1 unspecified atom stereocenters. The predicted molar refractivity (Wildman–Crippen MR) is 82.9 cm³/mol. The lowest BCUT2D eigenvalue weighted by atomic mass is 10.1. The summed E-state index contributed by atoms with van der Waals surface area (Å²) in [5, 5.41) is 3.32. The van der Waals surface area contributed by atoms with Gasteiger partial charge in [-0.2, -0.15) is 0 Å². The fourth-order valence-electron chi connectivity index (χ4n) is 1.93. The summed E-state index contributed by atoms with van der Waals surface area (Å²) in [6.07, 6.45) is 0. The normalized spacial score (nSPS) is 11.9. The second kappa shape index (κ2) is 5.97. The van der Waals surface area contributed by atoms with Gasteiger partial charge in [0.2, 0.25) is 0 Å². The lowest BCUT2D eigenvalue weighted by Crippen LogP contribution is -2.27. The van der Waals surface area contributed by atoms with E-state index in [2.05, 4.69) is 5.32 Å². The van der Waals surface area contributed by atoms with Gasteiger partial charge in [-0.1, -0.05) is 41.4 Å². The number of carbonyl (C=O) groups excluding carboxylic acids is 1. The van der Waals surface area contributed by atoms with E-state index in [1.54, 1.807) is 18.2 Å². The Bertz CT molecular complexity index is 623. The Labute approximate surface area is 123 Å². The average Bonchev–Trinajstić information content (AvgIpc) is 2.42. The monoisotopic (exact) mass is 288 g/mol. The SMILES string of the molecule is Cc1ccc(C(C)NC(=O)c2cc(N)ccc2Cl)cc1. The second-order valence-electron chi connectivity index (χ2n) is 4.85. The number of rotatable bonds is 3. The highest BCUT2D eigenvalue weighted by Gasteiger charge is 2.14. The van der Waals surface area contributed by atoms with E-state index in [0.717, 1.165) is 5.56 Å². The molecule has 0 fully saturated rings. The summed E-state index contributed by atoms with van der Waals surface area (Å²) in [6.45, 7) is 3.96. The van der Waals surface area contributed by atoms with Gasteiger partial charge in [0.05, 0.1) is 16.6 Å². The summed E-state index contributed by atoms with van der Waals surface area (Å²) in [4.78, 5) is 12.2. The molecule has 1 atom stereocenters. The van der Waals surface area contributed by atoms with Crippen LogP contribution in [0.3, 0.4) is 0 Å². The summed E-state index contributed by atoms with van der Waals surface area (Å²) in [5.74, 6) is -0.227. The Balaban J connectivity index is 2.15. The first-order valence-corrected chi connectivity index (χ1v) is 6.77. The van der Waals surface area contributed by atoms with Gasteiger partial charge in [-0.25, -0.2) is 0 Å². The third kappa shape index (κ3) is 3.31. The Morgan fingerprint density at radius 2 is 1.85 bits per heavy atom. The van der Waals surface area contributed by atoms with E-state index in [9.17, 15) is 4.79 Å². The second-order valence-corrected chi connectivity index (χ2v) is 5.25. The molecule has 2 aromatic carbocycles. The molecular weight excluding hydrogens is 272 g/mol. The van der Waals surface area contributed by atoms with Crippen molar-refractivity contribution in [3.05, 3.63) is 64.2 Å². The Morgan fingerprint density at radius 3 is 2.50 bits per heavy atom. The lowest BCUT2D eigenvalue weighted by Gasteiger charge is -2.15. The zero-order chi connectivity index (χ0) is 14.7. The molecule has 20 heavy (non-hydrogen) atoms. The first-order chi connectivity index (χ1) is 9.47. The number of anilines is 1. The van der Waals surface area contributed by atoms with Crippen LogP contribution in [0.1, 0.15) is 34.5 Å². The first kappa shape index (κ1) is 14.4. The average molecular weight is 289 g/mol. The molecule has 0 spiro atoms. The zero-order valence-corrected chi connectivity index (χ0v) is 12.2. The van der Waals surface area contributed by atoms with E-state index < -0.39 is 0 Å². The number of benzene rings is 2. The minimum absolute atomic E-state index is 0.0967. The van der Waals surface area contributed by atoms with Crippen molar-refractivity contribution in [2.45, 2.75) is 19.9 Å². The van der Waals surface area contributed by atoms with Gasteiger partial charge in [-0.3, -0.25) is 4.79 Å². The van der Waals surface area contributed by atoms with E-state index in [1.165, 1.54) is 5.56 Å². The van der Waals surface area contributed by atoms with Gasteiger partial charge in [0, 0.05) is 5.69 Å². The van der Waals surface area contributed by atoms with Crippen LogP contribution in [0.25, 0.3) is 0 Å². The molecule has 3 N–H and O–H groups in total. The molecule has 0 heterocycles. The van der Waals surface area contributed by atoms with E-state index in [4.69, 9.17) is 17.3 Å². The van der Waals surface area contributed by atoms with Gasteiger partial charge >= 0.3 is 0 Å². The largest absolute Gasteiger partial charge is 0.399 e. The smallest absolute Gasteiger partial charge is 0.253 e. The van der Waals surface area contributed by atoms with Crippen LogP contribution in [-0.2, 0) is 0 Å². The molecule has 2 aromatic rings. The maximum Gasteiger partial charge on any atom is 0.253 e. The number of hydrogen-bond donors (Lipinski definition) is 2. The summed E-state index contributed by atoms with van der Waals surface area (Å²) in [7, 11) is 0. The molecule has 0 aliphatic rings. The molecule has 0 aromatic heterocycles. The fourth-order valence-corrected chi connectivity index (χ4v) is 2.13. The van der Waals surface area contributed by atoms with Crippen molar-refractivity contribution in [1.29, 1.82) is 0 Å². The third-order valence-corrected chi connectivity index (χ3v) is 3.49.